The predicted octanol–water partition coefficient (Wildman–Crippen LogP) is 4.37. The summed E-state index contributed by atoms with van der Waals surface area (Å²) < 4.78 is 7.33. The van der Waals surface area contributed by atoms with Gasteiger partial charge in [-0.1, -0.05) is 35.9 Å². The molecule has 0 bridgehead atoms. The number of amides is 2. The van der Waals surface area contributed by atoms with Crippen molar-refractivity contribution in [2.24, 2.45) is 0 Å². The van der Waals surface area contributed by atoms with Crippen LogP contribution in [0.4, 0.5) is 4.79 Å². The second kappa shape index (κ2) is 8.82. The zero-order valence-corrected chi connectivity index (χ0v) is 17.6. The van der Waals surface area contributed by atoms with Gasteiger partial charge in [0.05, 0.1) is 24.5 Å². The number of rotatable bonds is 6. The van der Waals surface area contributed by atoms with E-state index in [9.17, 15) is 4.79 Å². The van der Waals surface area contributed by atoms with E-state index in [-0.39, 0.29) is 12.1 Å². The minimum Gasteiger partial charge on any atom is -0.496 e. The number of nitrogens with zero attached hydrogens (tertiary/aromatic N) is 2. The molecule has 2 aromatic carbocycles. The van der Waals surface area contributed by atoms with Gasteiger partial charge in [-0.15, -0.1) is 0 Å². The summed E-state index contributed by atoms with van der Waals surface area (Å²) in [6.07, 6.45) is 0. The van der Waals surface area contributed by atoms with Gasteiger partial charge in [0.2, 0.25) is 0 Å². The molecule has 2 N–H and O–H groups in total. The quantitative estimate of drug-likeness (QED) is 0.655. The number of aromatic nitrogens is 2. The molecular formula is C23H28N4O2. The van der Waals surface area contributed by atoms with E-state index < -0.39 is 0 Å². The average molecular weight is 393 g/mol. The minimum atomic E-state index is -0.229. The Labute approximate surface area is 171 Å². The summed E-state index contributed by atoms with van der Waals surface area (Å²) in [6.45, 7) is 8.35. The van der Waals surface area contributed by atoms with Crippen LogP contribution in [0.5, 0.6) is 5.75 Å². The smallest absolute Gasteiger partial charge is 0.315 e. The number of carbonyl (C=O) groups is 1. The van der Waals surface area contributed by atoms with Crippen LogP contribution in [0.3, 0.4) is 0 Å². The van der Waals surface area contributed by atoms with E-state index in [1.807, 2.05) is 80.9 Å². The maximum absolute atomic E-state index is 12.5. The van der Waals surface area contributed by atoms with Crippen LogP contribution in [0, 0.1) is 20.8 Å². The number of aryl methyl sites for hydroxylation is 2. The number of methoxy groups -OCH3 is 1. The Bertz CT molecular complexity index is 996. The molecule has 1 aromatic heterocycles. The third kappa shape index (κ3) is 4.59. The number of hydrogen-bond acceptors (Lipinski definition) is 3. The molecule has 0 fully saturated rings. The molecular weight excluding hydrogens is 364 g/mol. The number of benzene rings is 2. The molecule has 0 radical (unpaired) electrons. The second-order valence-electron chi connectivity index (χ2n) is 7.19. The van der Waals surface area contributed by atoms with Crippen molar-refractivity contribution in [3.05, 3.63) is 76.6 Å². The molecule has 0 saturated heterocycles. The lowest BCUT2D eigenvalue weighted by Crippen LogP contribution is -2.37. The summed E-state index contributed by atoms with van der Waals surface area (Å²) in [7, 11) is 1.64. The Balaban J connectivity index is 1.67. The maximum Gasteiger partial charge on any atom is 0.315 e. The van der Waals surface area contributed by atoms with Crippen molar-refractivity contribution in [1.82, 2.24) is 20.4 Å². The lowest BCUT2D eigenvalue weighted by Gasteiger charge is -2.18. The van der Waals surface area contributed by atoms with Gasteiger partial charge in [-0.25, -0.2) is 9.48 Å². The highest BCUT2D eigenvalue weighted by atomic mass is 16.5. The van der Waals surface area contributed by atoms with E-state index in [2.05, 4.69) is 15.7 Å². The molecule has 0 unspecified atom stereocenters. The number of ether oxygens (including phenoxy) is 1. The molecule has 0 spiro atoms. The molecule has 1 atom stereocenters. The highest BCUT2D eigenvalue weighted by Gasteiger charge is 2.16. The highest BCUT2D eigenvalue weighted by molar-refractivity contribution is 5.74. The Kier molecular flexibility index (Phi) is 6.22. The van der Waals surface area contributed by atoms with Crippen LogP contribution in [0.2, 0.25) is 0 Å². The van der Waals surface area contributed by atoms with E-state index in [1.165, 1.54) is 0 Å². The van der Waals surface area contributed by atoms with Gasteiger partial charge in [0.1, 0.15) is 5.75 Å². The average Bonchev–Trinajstić information content (AvgIpc) is 3.00. The van der Waals surface area contributed by atoms with Crippen molar-refractivity contribution >= 4 is 6.03 Å². The van der Waals surface area contributed by atoms with Crippen LogP contribution < -0.4 is 15.4 Å². The SMILES string of the molecule is COc1ccc(C)cc1[C@@H](C)NC(=O)NCc1c(C)nn(-c2ccccc2)c1C. The summed E-state index contributed by atoms with van der Waals surface area (Å²) in [5, 5.41) is 10.6. The van der Waals surface area contributed by atoms with Gasteiger partial charge in [-0.3, -0.25) is 0 Å². The van der Waals surface area contributed by atoms with Gasteiger partial charge >= 0.3 is 6.03 Å². The Morgan fingerprint density at radius 1 is 1.14 bits per heavy atom. The molecule has 0 aliphatic heterocycles. The fourth-order valence-electron chi connectivity index (χ4n) is 3.44. The summed E-state index contributed by atoms with van der Waals surface area (Å²) in [5.74, 6) is 0.763. The second-order valence-corrected chi connectivity index (χ2v) is 7.19. The van der Waals surface area contributed by atoms with Gasteiger partial charge in [0.25, 0.3) is 0 Å². The lowest BCUT2D eigenvalue weighted by molar-refractivity contribution is 0.237. The summed E-state index contributed by atoms with van der Waals surface area (Å²) in [4.78, 5) is 12.5. The van der Waals surface area contributed by atoms with Crippen LogP contribution in [-0.2, 0) is 6.54 Å². The van der Waals surface area contributed by atoms with E-state index in [0.717, 1.165) is 39.5 Å². The first kappa shape index (κ1) is 20.5. The van der Waals surface area contributed by atoms with Crippen LogP contribution >= 0.6 is 0 Å². The molecule has 29 heavy (non-hydrogen) atoms. The third-order valence-electron chi connectivity index (χ3n) is 5.07. The molecule has 152 valence electrons. The van der Waals surface area contributed by atoms with Gasteiger partial charge in [0.15, 0.2) is 0 Å². The van der Waals surface area contributed by atoms with Gasteiger partial charge in [0, 0.05) is 23.4 Å². The fourth-order valence-corrected chi connectivity index (χ4v) is 3.44. The van der Waals surface area contributed by atoms with Gasteiger partial charge < -0.3 is 15.4 Å². The monoisotopic (exact) mass is 392 g/mol. The molecule has 6 heteroatoms. The zero-order chi connectivity index (χ0) is 21.0. The molecule has 3 rings (SSSR count). The summed E-state index contributed by atoms with van der Waals surface area (Å²) in [6, 6.07) is 15.5. The molecule has 0 aliphatic rings. The first-order chi connectivity index (χ1) is 13.9. The summed E-state index contributed by atoms with van der Waals surface area (Å²) >= 11 is 0. The maximum atomic E-state index is 12.5. The Hall–Kier alpha value is -3.28. The predicted molar refractivity (Wildman–Crippen MR) is 115 cm³/mol. The van der Waals surface area contributed by atoms with Crippen LogP contribution in [0.25, 0.3) is 5.69 Å². The van der Waals surface area contributed by atoms with Crippen molar-refractivity contribution in [3.8, 4) is 11.4 Å². The van der Waals surface area contributed by atoms with Crippen molar-refractivity contribution in [1.29, 1.82) is 0 Å². The topological polar surface area (TPSA) is 68.2 Å². The zero-order valence-electron chi connectivity index (χ0n) is 17.6. The van der Waals surface area contributed by atoms with Gasteiger partial charge in [-0.2, -0.15) is 5.10 Å². The lowest BCUT2D eigenvalue weighted by atomic mass is 10.0. The van der Waals surface area contributed by atoms with Crippen LogP contribution in [-0.4, -0.2) is 22.9 Å². The van der Waals surface area contributed by atoms with E-state index in [0.29, 0.717) is 6.54 Å². The number of nitrogens with one attached hydrogen (secondary N) is 2. The Morgan fingerprint density at radius 2 is 1.86 bits per heavy atom. The van der Waals surface area contributed by atoms with Crippen molar-refractivity contribution < 1.29 is 9.53 Å². The number of para-hydroxylation sites is 1. The normalized spacial score (nSPS) is 11.8. The number of urea groups is 1. The highest BCUT2D eigenvalue weighted by Crippen LogP contribution is 2.26. The molecule has 3 aromatic rings. The number of carbonyl (C=O) groups excluding carboxylic acids is 1. The Morgan fingerprint density at radius 3 is 2.55 bits per heavy atom. The molecule has 0 saturated carbocycles. The van der Waals surface area contributed by atoms with E-state index in [1.54, 1.807) is 7.11 Å². The van der Waals surface area contributed by atoms with Gasteiger partial charge in [-0.05, 0) is 45.9 Å². The third-order valence-corrected chi connectivity index (χ3v) is 5.07. The van der Waals surface area contributed by atoms with Crippen molar-refractivity contribution in [3.63, 3.8) is 0 Å². The molecule has 0 aliphatic carbocycles. The minimum absolute atomic E-state index is 0.181. The van der Waals surface area contributed by atoms with Crippen molar-refractivity contribution in [2.45, 2.75) is 40.3 Å². The first-order valence-electron chi connectivity index (χ1n) is 9.70. The van der Waals surface area contributed by atoms with Crippen molar-refractivity contribution in [2.75, 3.05) is 7.11 Å². The van der Waals surface area contributed by atoms with E-state index in [4.69, 9.17) is 4.74 Å². The fraction of sp³-hybridized carbons (Fsp3) is 0.304. The van der Waals surface area contributed by atoms with E-state index >= 15 is 0 Å². The summed E-state index contributed by atoms with van der Waals surface area (Å²) in [5.41, 5.74) is 6.01. The first-order valence-corrected chi connectivity index (χ1v) is 9.70. The van der Waals surface area contributed by atoms with Crippen LogP contribution in [0.15, 0.2) is 48.5 Å². The largest absolute Gasteiger partial charge is 0.496 e. The standard InChI is InChI=1S/C23H28N4O2/c1-15-11-12-22(29-5)20(13-15)16(2)25-23(28)24-14-21-17(3)26-27(18(21)4)19-9-7-6-8-10-19/h6-13,16H,14H2,1-5H3,(H2,24,25,28)/t16-/m1/s1. The van der Waals surface area contributed by atoms with Crippen LogP contribution in [0.1, 0.15) is 41.0 Å². The molecule has 2 amide bonds. The molecule has 6 nitrogen and oxygen atoms in total. The number of hydrogen-bond donors (Lipinski definition) is 2. The molecule has 1 heterocycles.